The van der Waals surface area contributed by atoms with E-state index in [-0.39, 0.29) is 11.9 Å². The molecule has 6 aromatic heterocycles. The van der Waals surface area contributed by atoms with E-state index in [1.54, 1.807) is 9.03 Å². The van der Waals surface area contributed by atoms with Crippen LogP contribution in [0.25, 0.3) is 11.0 Å². The maximum absolute atomic E-state index is 6.52. The lowest BCUT2D eigenvalue weighted by Crippen LogP contribution is -2.05. The van der Waals surface area contributed by atoms with Gasteiger partial charge in [0.05, 0.1) is 23.8 Å². The molecule has 6 heterocycles. The van der Waals surface area contributed by atoms with Gasteiger partial charge < -0.3 is 26.0 Å². The number of anilines is 8. The van der Waals surface area contributed by atoms with Crippen LogP contribution in [0.4, 0.5) is 46.5 Å². The zero-order valence-corrected chi connectivity index (χ0v) is 26.5. The molecule has 0 saturated carbocycles. The van der Waals surface area contributed by atoms with E-state index >= 15 is 0 Å². The van der Waals surface area contributed by atoms with Gasteiger partial charge in [-0.1, -0.05) is 47.5 Å². The van der Waals surface area contributed by atoms with E-state index in [1.165, 1.54) is 25.0 Å². The van der Waals surface area contributed by atoms with Crippen molar-refractivity contribution in [3.63, 3.8) is 0 Å². The second-order valence-electron chi connectivity index (χ2n) is 10.3. The first-order valence-electron chi connectivity index (χ1n) is 14.6. The zero-order valence-electron chi connectivity index (χ0n) is 25.0. The van der Waals surface area contributed by atoms with Crippen LogP contribution in [0.5, 0.6) is 11.5 Å². The first kappa shape index (κ1) is 29.8. The Labute approximate surface area is 287 Å². The van der Waals surface area contributed by atoms with Gasteiger partial charge in [-0.25, -0.2) is 29.0 Å². The third-order valence-corrected chi connectivity index (χ3v) is 7.67. The van der Waals surface area contributed by atoms with Crippen LogP contribution in [0.3, 0.4) is 0 Å². The maximum atomic E-state index is 6.52. The molecule has 0 aliphatic carbocycles. The SMILES string of the molecule is Clc1cnc(Nc2ncnn3cccc23)nc1Nc1ccccc1Oc1ccccc1Nc1nc(Nc2ncnn3cccc23)ncc1Cl. The van der Waals surface area contributed by atoms with Gasteiger partial charge in [-0.2, -0.15) is 20.2 Å². The number of nitrogens with one attached hydrogen (secondary N) is 4. The van der Waals surface area contributed by atoms with Gasteiger partial charge >= 0.3 is 0 Å². The lowest BCUT2D eigenvalue weighted by Gasteiger charge is -2.17. The van der Waals surface area contributed by atoms with Gasteiger partial charge in [-0.15, -0.1) is 0 Å². The topological polar surface area (TPSA) is 169 Å². The highest BCUT2D eigenvalue weighted by Crippen LogP contribution is 2.38. The Morgan fingerprint density at radius 3 is 1.47 bits per heavy atom. The van der Waals surface area contributed by atoms with Crippen molar-refractivity contribution in [2.45, 2.75) is 0 Å². The summed E-state index contributed by atoms with van der Waals surface area (Å²) in [6.07, 6.45) is 9.53. The fourth-order valence-corrected chi connectivity index (χ4v) is 5.13. The fourth-order valence-electron chi connectivity index (χ4n) is 4.86. The number of rotatable bonds is 10. The molecule has 49 heavy (non-hydrogen) atoms. The highest BCUT2D eigenvalue weighted by atomic mass is 35.5. The molecule has 8 aromatic rings. The molecule has 0 aliphatic rings. The summed E-state index contributed by atoms with van der Waals surface area (Å²) in [5, 5.41) is 21.8. The highest BCUT2D eigenvalue weighted by Gasteiger charge is 2.15. The fraction of sp³-hybridized carbons (Fsp3) is 0. The van der Waals surface area contributed by atoms with Crippen LogP contribution < -0.4 is 26.0 Å². The molecule has 0 bridgehead atoms. The van der Waals surface area contributed by atoms with Gasteiger partial charge in [-0.05, 0) is 48.5 Å². The number of hydrogen-bond acceptors (Lipinski definition) is 13. The minimum atomic E-state index is 0.287. The third kappa shape index (κ3) is 6.26. The van der Waals surface area contributed by atoms with Crippen molar-refractivity contribution in [2.24, 2.45) is 0 Å². The van der Waals surface area contributed by atoms with E-state index in [4.69, 9.17) is 27.9 Å². The summed E-state index contributed by atoms with van der Waals surface area (Å²) in [6.45, 7) is 0. The Morgan fingerprint density at radius 2 is 0.980 bits per heavy atom. The van der Waals surface area contributed by atoms with Gasteiger partial charge in [0.1, 0.15) is 33.7 Å². The summed E-state index contributed by atoms with van der Waals surface area (Å²) in [6, 6.07) is 22.3. The van der Waals surface area contributed by atoms with Crippen LogP contribution in [-0.2, 0) is 0 Å². The van der Waals surface area contributed by atoms with E-state index in [0.717, 1.165) is 11.0 Å². The molecule has 0 saturated heterocycles. The van der Waals surface area contributed by atoms with Gasteiger partial charge in [0.25, 0.3) is 0 Å². The van der Waals surface area contributed by atoms with Gasteiger partial charge in [-0.3, -0.25) is 0 Å². The van der Waals surface area contributed by atoms with Crippen molar-refractivity contribution in [1.82, 2.24) is 49.1 Å². The molecule has 15 nitrogen and oxygen atoms in total. The number of ether oxygens (including phenoxy) is 1. The zero-order chi connectivity index (χ0) is 33.2. The van der Waals surface area contributed by atoms with Gasteiger partial charge in [0.15, 0.2) is 34.8 Å². The van der Waals surface area contributed by atoms with Crippen LogP contribution in [0.15, 0.2) is 110 Å². The summed E-state index contributed by atoms with van der Waals surface area (Å²) >= 11 is 13.0. The van der Waals surface area contributed by atoms with Crippen LogP contribution in [0.2, 0.25) is 10.0 Å². The average molecular weight is 690 g/mol. The largest absolute Gasteiger partial charge is 0.453 e. The first-order valence-corrected chi connectivity index (χ1v) is 15.4. The molecule has 0 unspecified atom stereocenters. The Kier molecular flexibility index (Phi) is 7.85. The van der Waals surface area contributed by atoms with Crippen molar-refractivity contribution in [1.29, 1.82) is 0 Å². The molecular formula is C32H22Cl2N14O. The standard InChI is InChI=1S/C32H22Cl2N14O/c33-19-15-35-31(45-29-23-9-5-13-47(23)39-17-37-29)43-27(19)41-21-7-1-3-11-25(21)49-26-12-4-2-8-22(26)42-28-20(34)16-36-32(44-28)46-30-24-10-6-14-48(24)40-18-38-30/h1-18H,(H2,35,37,39,41,43,45)(H2,36,38,40,42,44,46). The Hall–Kier alpha value is -6.58. The molecule has 8 rings (SSSR count). The van der Waals surface area contributed by atoms with E-state index in [9.17, 15) is 0 Å². The van der Waals surface area contributed by atoms with Crippen molar-refractivity contribution in [2.75, 3.05) is 21.3 Å². The van der Waals surface area contributed by atoms with Crippen LogP contribution in [0.1, 0.15) is 0 Å². The van der Waals surface area contributed by atoms with E-state index in [2.05, 4.69) is 61.4 Å². The van der Waals surface area contributed by atoms with Crippen LogP contribution in [0, 0.1) is 0 Å². The van der Waals surface area contributed by atoms with E-state index < -0.39 is 0 Å². The minimum Gasteiger partial charge on any atom is -0.453 e. The van der Waals surface area contributed by atoms with E-state index in [1.807, 2.05) is 85.2 Å². The Balaban J connectivity index is 1.03. The van der Waals surface area contributed by atoms with Crippen LogP contribution >= 0.6 is 23.2 Å². The first-order chi connectivity index (χ1) is 24.1. The number of nitrogens with zero attached hydrogens (tertiary/aromatic N) is 10. The summed E-state index contributed by atoms with van der Waals surface area (Å²) in [7, 11) is 0. The molecule has 0 spiro atoms. The maximum Gasteiger partial charge on any atom is 0.230 e. The number of aromatic nitrogens is 10. The summed E-state index contributed by atoms with van der Waals surface area (Å²) in [4.78, 5) is 26.5. The predicted molar refractivity (Wildman–Crippen MR) is 186 cm³/mol. The number of hydrogen-bond donors (Lipinski definition) is 4. The average Bonchev–Trinajstić information content (AvgIpc) is 3.81. The van der Waals surface area contributed by atoms with Gasteiger partial charge in [0, 0.05) is 12.4 Å². The molecule has 0 fully saturated rings. The lowest BCUT2D eigenvalue weighted by molar-refractivity contribution is 0.487. The molecule has 240 valence electrons. The summed E-state index contributed by atoms with van der Waals surface area (Å²) < 4.78 is 9.82. The lowest BCUT2D eigenvalue weighted by atomic mass is 10.2. The second kappa shape index (κ2) is 12.9. The van der Waals surface area contributed by atoms with Gasteiger partial charge in [0.2, 0.25) is 11.9 Å². The van der Waals surface area contributed by atoms with Crippen LogP contribution in [-0.4, -0.2) is 49.1 Å². The number of halogens is 2. The molecule has 4 N–H and O–H groups in total. The van der Waals surface area contributed by atoms with Crippen molar-refractivity contribution < 1.29 is 4.74 Å². The smallest absolute Gasteiger partial charge is 0.230 e. The quantitative estimate of drug-likeness (QED) is 0.112. The number of benzene rings is 2. The number of para-hydroxylation sites is 4. The van der Waals surface area contributed by atoms with Crippen molar-refractivity contribution in [3.8, 4) is 11.5 Å². The highest BCUT2D eigenvalue weighted by molar-refractivity contribution is 6.33. The number of fused-ring (bicyclic) bond motifs is 2. The minimum absolute atomic E-state index is 0.287. The molecule has 0 amide bonds. The molecule has 0 radical (unpaired) electrons. The Morgan fingerprint density at radius 1 is 0.510 bits per heavy atom. The summed E-state index contributed by atoms with van der Waals surface area (Å²) in [5.41, 5.74) is 2.74. The summed E-state index contributed by atoms with van der Waals surface area (Å²) in [5.74, 6) is 3.38. The molecule has 0 aliphatic heterocycles. The third-order valence-electron chi connectivity index (χ3n) is 7.12. The molecule has 17 heteroatoms. The molecule has 2 aromatic carbocycles. The van der Waals surface area contributed by atoms with Crippen molar-refractivity contribution in [3.05, 3.63) is 120 Å². The van der Waals surface area contributed by atoms with Crippen molar-refractivity contribution >= 4 is 80.8 Å². The second-order valence-corrected chi connectivity index (χ2v) is 11.1. The molecular weight excluding hydrogens is 667 g/mol. The van der Waals surface area contributed by atoms with E-state index in [0.29, 0.717) is 56.2 Å². The monoisotopic (exact) mass is 688 g/mol. The molecule has 0 atom stereocenters. The normalized spacial score (nSPS) is 11.1. The Bertz CT molecular complexity index is 2280. The predicted octanol–water partition coefficient (Wildman–Crippen LogP) is 7.43.